The molecule has 0 radical (unpaired) electrons. The minimum Gasteiger partial charge on any atom is -0.507 e. The third kappa shape index (κ3) is 1.95. The Morgan fingerprint density at radius 2 is 2.29 bits per heavy atom. The number of hydrogen-bond acceptors (Lipinski definition) is 4. The molecule has 0 unspecified atom stereocenters. The van der Waals surface area contributed by atoms with E-state index in [1.807, 2.05) is 6.92 Å². The highest BCUT2D eigenvalue weighted by Gasteiger charge is 2.32. The van der Waals surface area contributed by atoms with Crippen molar-refractivity contribution < 1.29 is 14.6 Å². The second kappa shape index (κ2) is 4.26. The first-order chi connectivity index (χ1) is 6.57. The van der Waals surface area contributed by atoms with E-state index in [1.165, 1.54) is 0 Å². The fraction of sp³-hybridized carbons (Fsp3) is 0.600. The topological polar surface area (TPSA) is 58.9 Å². The Morgan fingerprint density at radius 1 is 1.64 bits per heavy atom. The average molecular weight is 197 g/mol. The van der Waals surface area contributed by atoms with Gasteiger partial charge in [-0.2, -0.15) is 0 Å². The highest BCUT2D eigenvalue weighted by molar-refractivity contribution is 6.20. The molecule has 0 saturated carbocycles. The number of carbonyl (C=O) groups is 1. The second-order valence-electron chi connectivity index (χ2n) is 3.27. The first kappa shape index (κ1) is 10.8. The monoisotopic (exact) mass is 197 g/mol. The Balaban J connectivity index is 2.91. The van der Waals surface area contributed by atoms with Crippen LogP contribution in [0.5, 0.6) is 0 Å². The van der Waals surface area contributed by atoms with Gasteiger partial charge in [0.25, 0.3) is 0 Å². The number of hydrogen-bond donors (Lipinski definition) is 1. The molecule has 1 aliphatic heterocycles. The molecular formula is C10H15NO3. The standard InChI is InChI=1S/C10H15NO3/c1-4-5-11-6(2)8-9(12)7(3)14-10(8)13/h7,12H,4-5H2,1-3H3/t7-/m0/s1. The van der Waals surface area contributed by atoms with E-state index in [4.69, 9.17) is 4.74 Å². The molecule has 1 atom stereocenters. The van der Waals surface area contributed by atoms with Crippen molar-refractivity contribution in [2.75, 3.05) is 6.54 Å². The first-order valence-corrected chi connectivity index (χ1v) is 4.73. The van der Waals surface area contributed by atoms with Crippen LogP contribution in [0.4, 0.5) is 0 Å². The fourth-order valence-electron chi connectivity index (χ4n) is 1.27. The molecule has 0 aromatic carbocycles. The van der Waals surface area contributed by atoms with Crippen LogP contribution in [0.3, 0.4) is 0 Å². The van der Waals surface area contributed by atoms with E-state index in [-0.39, 0.29) is 11.3 Å². The Bertz CT molecular complexity index is 304. The molecule has 0 fully saturated rings. The molecule has 1 rings (SSSR count). The summed E-state index contributed by atoms with van der Waals surface area (Å²) in [6, 6.07) is 0. The first-order valence-electron chi connectivity index (χ1n) is 4.73. The largest absolute Gasteiger partial charge is 0.507 e. The Labute approximate surface area is 83.3 Å². The predicted molar refractivity (Wildman–Crippen MR) is 53.5 cm³/mol. The van der Waals surface area contributed by atoms with Crippen molar-refractivity contribution in [3.8, 4) is 0 Å². The maximum atomic E-state index is 11.3. The van der Waals surface area contributed by atoms with Crippen molar-refractivity contribution in [1.29, 1.82) is 0 Å². The van der Waals surface area contributed by atoms with Gasteiger partial charge in [0.2, 0.25) is 0 Å². The zero-order chi connectivity index (χ0) is 10.7. The molecule has 0 aliphatic carbocycles. The van der Waals surface area contributed by atoms with E-state index in [9.17, 15) is 9.90 Å². The predicted octanol–water partition coefficient (Wildman–Crippen LogP) is 1.61. The summed E-state index contributed by atoms with van der Waals surface area (Å²) < 4.78 is 4.84. The van der Waals surface area contributed by atoms with Crippen LogP contribution >= 0.6 is 0 Å². The summed E-state index contributed by atoms with van der Waals surface area (Å²) >= 11 is 0. The third-order valence-corrected chi connectivity index (χ3v) is 2.06. The number of aliphatic hydroxyl groups is 1. The summed E-state index contributed by atoms with van der Waals surface area (Å²) in [5.41, 5.74) is 0.782. The summed E-state index contributed by atoms with van der Waals surface area (Å²) in [7, 11) is 0. The molecule has 0 bridgehead atoms. The molecule has 1 heterocycles. The Morgan fingerprint density at radius 3 is 2.71 bits per heavy atom. The zero-order valence-electron chi connectivity index (χ0n) is 8.70. The smallest absolute Gasteiger partial charge is 0.344 e. The van der Waals surface area contributed by atoms with Crippen LogP contribution in [-0.2, 0) is 9.53 Å². The van der Waals surface area contributed by atoms with Crippen LogP contribution in [0, 0.1) is 0 Å². The molecule has 0 aromatic heterocycles. The number of carbonyl (C=O) groups excluding carboxylic acids is 1. The van der Waals surface area contributed by atoms with Crippen molar-refractivity contribution in [3.63, 3.8) is 0 Å². The lowest BCUT2D eigenvalue weighted by atomic mass is 10.1. The van der Waals surface area contributed by atoms with Crippen LogP contribution in [0.2, 0.25) is 0 Å². The number of cyclic esters (lactones) is 1. The van der Waals surface area contributed by atoms with Gasteiger partial charge < -0.3 is 9.84 Å². The molecule has 0 aromatic rings. The van der Waals surface area contributed by atoms with Crippen LogP contribution in [0.1, 0.15) is 27.2 Å². The van der Waals surface area contributed by atoms with Crippen LogP contribution in [0.15, 0.2) is 16.3 Å². The van der Waals surface area contributed by atoms with Gasteiger partial charge >= 0.3 is 5.97 Å². The molecule has 78 valence electrons. The summed E-state index contributed by atoms with van der Waals surface area (Å²) in [4.78, 5) is 15.4. The molecule has 0 amide bonds. The average Bonchev–Trinajstić information content (AvgIpc) is 2.38. The Kier molecular flexibility index (Phi) is 3.28. The molecule has 14 heavy (non-hydrogen) atoms. The fourth-order valence-corrected chi connectivity index (χ4v) is 1.27. The maximum Gasteiger partial charge on any atom is 0.344 e. The second-order valence-corrected chi connectivity index (χ2v) is 3.27. The van der Waals surface area contributed by atoms with Crippen molar-refractivity contribution >= 4 is 11.7 Å². The number of ether oxygens (including phenoxy) is 1. The van der Waals surface area contributed by atoms with Gasteiger partial charge in [-0.15, -0.1) is 0 Å². The minimum absolute atomic E-state index is 0.00708. The van der Waals surface area contributed by atoms with Gasteiger partial charge in [0.05, 0.1) is 0 Å². The van der Waals surface area contributed by atoms with E-state index in [0.717, 1.165) is 6.42 Å². The van der Waals surface area contributed by atoms with Gasteiger partial charge in [-0.3, -0.25) is 4.99 Å². The summed E-state index contributed by atoms with van der Waals surface area (Å²) in [5.74, 6) is -0.486. The van der Waals surface area contributed by atoms with E-state index in [2.05, 4.69) is 4.99 Å². The van der Waals surface area contributed by atoms with Crippen molar-refractivity contribution in [1.82, 2.24) is 0 Å². The van der Waals surface area contributed by atoms with Crippen LogP contribution in [0.25, 0.3) is 0 Å². The zero-order valence-corrected chi connectivity index (χ0v) is 8.70. The number of aliphatic imine (C=N–C) groups is 1. The molecule has 4 heteroatoms. The lowest BCUT2D eigenvalue weighted by Crippen LogP contribution is -2.08. The van der Waals surface area contributed by atoms with Gasteiger partial charge in [-0.25, -0.2) is 4.79 Å². The minimum atomic E-state index is -0.538. The van der Waals surface area contributed by atoms with Gasteiger partial charge in [0.1, 0.15) is 11.3 Å². The Hall–Kier alpha value is -1.32. The molecule has 1 aliphatic rings. The van der Waals surface area contributed by atoms with E-state index >= 15 is 0 Å². The summed E-state index contributed by atoms with van der Waals surface area (Å²) in [6.07, 6.45) is 0.375. The molecular weight excluding hydrogens is 182 g/mol. The molecule has 4 nitrogen and oxygen atoms in total. The quantitative estimate of drug-likeness (QED) is 0.552. The van der Waals surface area contributed by atoms with Gasteiger partial charge in [0, 0.05) is 12.3 Å². The van der Waals surface area contributed by atoms with Crippen LogP contribution in [-0.4, -0.2) is 29.4 Å². The van der Waals surface area contributed by atoms with Crippen molar-refractivity contribution in [2.45, 2.75) is 33.3 Å². The highest BCUT2D eigenvalue weighted by atomic mass is 16.6. The number of nitrogens with zero attached hydrogens (tertiary/aromatic N) is 1. The molecule has 0 saturated heterocycles. The normalized spacial score (nSPS) is 22.9. The summed E-state index contributed by atoms with van der Waals surface area (Å²) in [6.45, 7) is 6.00. The third-order valence-electron chi connectivity index (χ3n) is 2.06. The summed E-state index contributed by atoms with van der Waals surface area (Å²) in [5, 5.41) is 9.55. The number of rotatable bonds is 3. The molecule has 0 spiro atoms. The van der Waals surface area contributed by atoms with Crippen molar-refractivity contribution in [2.24, 2.45) is 4.99 Å². The highest BCUT2D eigenvalue weighted by Crippen LogP contribution is 2.21. The van der Waals surface area contributed by atoms with E-state index in [1.54, 1.807) is 13.8 Å². The SMILES string of the molecule is CCCN=C(C)C1=C(O)[C@H](C)OC1=O. The van der Waals surface area contributed by atoms with Gasteiger partial charge in [0.15, 0.2) is 6.10 Å². The van der Waals surface area contributed by atoms with Gasteiger partial charge in [-0.05, 0) is 20.3 Å². The number of aliphatic hydroxyl groups excluding tert-OH is 1. The van der Waals surface area contributed by atoms with Crippen LogP contribution < -0.4 is 0 Å². The lowest BCUT2D eigenvalue weighted by molar-refractivity contribution is -0.139. The van der Waals surface area contributed by atoms with Gasteiger partial charge in [-0.1, -0.05) is 6.92 Å². The molecule has 1 N–H and O–H groups in total. The number of esters is 1. The maximum absolute atomic E-state index is 11.3. The van der Waals surface area contributed by atoms with E-state index < -0.39 is 12.1 Å². The van der Waals surface area contributed by atoms with E-state index in [0.29, 0.717) is 12.3 Å². The lowest BCUT2D eigenvalue weighted by Gasteiger charge is -1.99. The van der Waals surface area contributed by atoms with Crippen molar-refractivity contribution in [3.05, 3.63) is 11.3 Å².